The number of ketones is 1. The van der Waals surface area contributed by atoms with Crippen molar-refractivity contribution in [1.82, 2.24) is 0 Å². The van der Waals surface area contributed by atoms with Gasteiger partial charge in [0.15, 0.2) is 5.78 Å². The van der Waals surface area contributed by atoms with E-state index >= 15 is 0 Å². The number of hydrogen-bond donors (Lipinski definition) is 3. The molecule has 0 aliphatic carbocycles. The second-order valence-corrected chi connectivity index (χ2v) is 1.37. The fraction of sp³-hybridized carbons (Fsp3) is 0.600. The smallest absolute Gasteiger partial charge is 0.300 e. The summed E-state index contributed by atoms with van der Waals surface area (Å²) in [5.41, 5.74) is 0. The third-order valence-electron chi connectivity index (χ3n) is 0.353. The van der Waals surface area contributed by atoms with E-state index in [4.69, 9.17) is 20.1 Å². The first kappa shape index (κ1) is 11.8. The Balaban J connectivity index is 0. The predicted octanol–water partition coefficient (Wildman–Crippen LogP) is -1.37. The lowest BCUT2D eigenvalue weighted by Crippen LogP contribution is -2.07. The first-order valence-electron chi connectivity index (χ1n) is 2.47. The standard InChI is InChI=1S/C3H6O3.C2H4O2/c4-1-3(6)2-5;1-2(3)4/h4-5H,1-2H2;1H3,(H,3,4). The second kappa shape index (κ2) is 8.06. The summed E-state index contributed by atoms with van der Waals surface area (Å²) in [7, 11) is 0. The highest BCUT2D eigenvalue weighted by molar-refractivity contribution is 5.80. The van der Waals surface area contributed by atoms with Gasteiger partial charge in [-0.15, -0.1) is 0 Å². The Hall–Kier alpha value is -0.940. The van der Waals surface area contributed by atoms with Crippen LogP contribution < -0.4 is 0 Å². The van der Waals surface area contributed by atoms with Crippen LogP contribution in [0, 0.1) is 0 Å². The highest BCUT2D eigenvalue weighted by Crippen LogP contribution is 1.59. The predicted molar refractivity (Wildman–Crippen MR) is 32.5 cm³/mol. The normalized spacial score (nSPS) is 7.50. The van der Waals surface area contributed by atoms with E-state index in [0.29, 0.717) is 0 Å². The van der Waals surface area contributed by atoms with Gasteiger partial charge in [-0.2, -0.15) is 0 Å². The molecule has 0 amide bonds. The van der Waals surface area contributed by atoms with Gasteiger partial charge in [0.1, 0.15) is 13.2 Å². The zero-order valence-electron chi connectivity index (χ0n) is 5.57. The van der Waals surface area contributed by atoms with E-state index < -0.39 is 25.0 Å². The molecule has 0 spiro atoms. The minimum Gasteiger partial charge on any atom is -0.481 e. The molecule has 0 bridgehead atoms. The molecule has 5 nitrogen and oxygen atoms in total. The third kappa shape index (κ3) is 27.7. The van der Waals surface area contributed by atoms with Gasteiger partial charge in [-0.05, 0) is 0 Å². The zero-order chi connectivity index (χ0) is 8.57. The van der Waals surface area contributed by atoms with Gasteiger partial charge in [0.05, 0.1) is 0 Å². The fourth-order valence-electron chi connectivity index (χ4n) is 0.0500. The molecule has 0 unspecified atom stereocenters. The van der Waals surface area contributed by atoms with Gasteiger partial charge in [-0.3, -0.25) is 9.59 Å². The van der Waals surface area contributed by atoms with Crippen molar-refractivity contribution in [3.05, 3.63) is 0 Å². The van der Waals surface area contributed by atoms with E-state index in [1.807, 2.05) is 0 Å². The lowest BCUT2D eigenvalue weighted by Gasteiger charge is -1.81. The Labute approximate surface area is 57.9 Å². The molecule has 0 rings (SSSR count). The lowest BCUT2D eigenvalue weighted by molar-refractivity contribution is -0.134. The molecular formula is C5H10O5. The van der Waals surface area contributed by atoms with Gasteiger partial charge in [-0.25, -0.2) is 0 Å². The van der Waals surface area contributed by atoms with Gasteiger partial charge >= 0.3 is 0 Å². The van der Waals surface area contributed by atoms with Crippen LogP contribution in [0.5, 0.6) is 0 Å². The van der Waals surface area contributed by atoms with E-state index in [-0.39, 0.29) is 0 Å². The highest BCUT2D eigenvalue weighted by Gasteiger charge is 1.89. The number of carboxylic acids is 1. The van der Waals surface area contributed by atoms with Gasteiger partial charge < -0.3 is 15.3 Å². The molecule has 5 heteroatoms. The SMILES string of the molecule is CC(=O)O.O=C(CO)CO. The molecule has 0 aliphatic heterocycles. The number of carbonyl (C=O) groups excluding carboxylic acids is 1. The van der Waals surface area contributed by atoms with E-state index in [1.54, 1.807) is 0 Å². The number of hydrogen-bond acceptors (Lipinski definition) is 4. The zero-order valence-corrected chi connectivity index (χ0v) is 5.57. The van der Waals surface area contributed by atoms with Crippen molar-refractivity contribution in [2.24, 2.45) is 0 Å². The Morgan fingerprint density at radius 2 is 1.40 bits per heavy atom. The molecule has 0 atom stereocenters. The maximum atomic E-state index is 9.68. The molecule has 0 saturated heterocycles. The summed E-state index contributed by atoms with van der Waals surface area (Å²) in [5, 5.41) is 23.1. The Morgan fingerprint density at radius 1 is 1.20 bits per heavy atom. The van der Waals surface area contributed by atoms with E-state index in [1.165, 1.54) is 0 Å². The third-order valence-corrected chi connectivity index (χ3v) is 0.353. The minimum atomic E-state index is -0.833. The number of aliphatic carboxylic acids is 1. The monoisotopic (exact) mass is 150 g/mol. The van der Waals surface area contributed by atoms with E-state index in [0.717, 1.165) is 6.92 Å². The van der Waals surface area contributed by atoms with Crippen molar-refractivity contribution >= 4 is 11.8 Å². The van der Waals surface area contributed by atoms with Crippen LogP contribution in [0.4, 0.5) is 0 Å². The number of aliphatic hydroxyl groups excluding tert-OH is 2. The molecule has 0 fully saturated rings. The van der Waals surface area contributed by atoms with E-state index in [2.05, 4.69) is 0 Å². The summed E-state index contributed by atoms with van der Waals surface area (Å²) in [6.07, 6.45) is 0. The van der Waals surface area contributed by atoms with Crippen LogP contribution >= 0.6 is 0 Å². The molecule has 60 valence electrons. The number of Topliss-reactive ketones (excluding diaryl/α,β-unsaturated/α-hetero) is 1. The fourth-order valence-corrected chi connectivity index (χ4v) is 0.0500. The van der Waals surface area contributed by atoms with Crippen molar-refractivity contribution in [1.29, 1.82) is 0 Å². The van der Waals surface area contributed by atoms with Crippen molar-refractivity contribution in [3.63, 3.8) is 0 Å². The van der Waals surface area contributed by atoms with Crippen LogP contribution in [0.1, 0.15) is 6.92 Å². The van der Waals surface area contributed by atoms with E-state index in [9.17, 15) is 4.79 Å². The summed E-state index contributed by atoms with van der Waals surface area (Å²) >= 11 is 0. The average molecular weight is 150 g/mol. The van der Waals surface area contributed by atoms with Gasteiger partial charge in [0, 0.05) is 6.92 Å². The molecular weight excluding hydrogens is 140 g/mol. The average Bonchev–Trinajstić information content (AvgIpc) is 1.85. The van der Waals surface area contributed by atoms with Gasteiger partial charge in [0.25, 0.3) is 5.97 Å². The quantitative estimate of drug-likeness (QED) is 0.451. The maximum absolute atomic E-state index is 9.68. The summed E-state index contributed by atoms with van der Waals surface area (Å²) in [6.45, 7) is -0.0347. The lowest BCUT2D eigenvalue weighted by atomic mass is 10.5. The van der Waals surface area contributed by atoms with Crippen molar-refractivity contribution in [2.75, 3.05) is 13.2 Å². The van der Waals surface area contributed by atoms with Crippen LogP contribution in [0.15, 0.2) is 0 Å². The van der Waals surface area contributed by atoms with Crippen LogP contribution in [0.3, 0.4) is 0 Å². The van der Waals surface area contributed by atoms with Crippen LogP contribution in [-0.4, -0.2) is 40.3 Å². The Morgan fingerprint density at radius 3 is 1.40 bits per heavy atom. The van der Waals surface area contributed by atoms with Gasteiger partial charge in [-0.1, -0.05) is 0 Å². The summed E-state index contributed by atoms with van der Waals surface area (Å²) in [4.78, 5) is 18.7. The van der Waals surface area contributed by atoms with Crippen LogP contribution in [0.25, 0.3) is 0 Å². The number of aliphatic hydroxyl groups is 2. The maximum Gasteiger partial charge on any atom is 0.300 e. The van der Waals surface area contributed by atoms with Gasteiger partial charge in [0.2, 0.25) is 0 Å². The Bertz CT molecular complexity index is 98.6. The van der Waals surface area contributed by atoms with Crippen molar-refractivity contribution in [3.8, 4) is 0 Å². The topological polar surface area (TPSA) is 94.8 Å². The van der Waals surface area contributed by atoms with Crippen LogP contribution in [-0.2, 0) is 9.59 Å². The minimum absolute atomic E-state index is 0.546. The second-order valence-electron chi connectivity index (χ2n) is 1.37. The molecule has 0 radical (unpaired) electrons. The first-order valence-corrected chi connectivity index (χ1v) is 2.47. The number of carbonyl (C=O) groups is 2. The number of rotatable bonds is 2. The Kier molecular flexibility index (Phi) is 9.52. The first-order chi connectivity index (χ1) is 4.54. The van der Waals surface area contributed by atoms with Crippen molar-refractivity contribution in [2.45, 2.75) is 6.92 Å². The molecule has 0 aliphatic rings. The summed E-state index contributed by atoms with van der Waals surface area (Å²) < 4.78 is 0. The van der Waals surface area contributed by atoms with Crippen molar-refractivity contribution < 1.29 is 24.9 Å². The summed E-state index contributed by atoms with van der Waals surface area (Å²) in [5.74, 6) is -1.38. The molecule has 0 saturated carbocycles. The number of carboxylic acid groups (broad SMARTS) is 1. The highest BCUT2D eigenvalue weighted by atomic mass is 16.4. The molecule has 10 heavy (non-hydrogen) atoms. The molecule has 0 aromatic carbocycles. The molecule has 3 N–H and O–H groups in total. The summed E-state index contributed by atoms with van der Waals surface area (Å²) in [6, 6.07) is 0. The largest absolute Gasteiger partial charge is 0.481 e. The molecule has 0 aromatic heterocycles. The van der Waals surface area contributed by atoms with Crippen LogP contribution in [0.2, 0.25) is 0 Å². The molecule has 0 heterocycles. The molecule has 0 aromatic rings.